The van der Waals surface area contributed by atoms with E-state index < -0.39 is 11.4 Å². The van der Waals surface area contributed by atoms with E-state index in [1.807, 2.05) is 30.3 Å². The van der Waals surface area contributed by atoms with Gasteiger partial charge in [-0.15, -0.1) is 0 Å². The van der Waals surface area contributed by atoms with E-state index in [0.29, 0.717) is 31.7 Å². The molecule has 1 N–H and O–H groups in total. The first-order valence-corrected chi connectivity index (χ1v) is 9.36. The molecule has 1 aliphatic rings. The Labute approximate surface area is 163 Å². The van der Waals surface area contributed by atoms with Gasteiger partial charge in [0.05, 0.1) is 22.6 Å². The molecule has 5 nitrogen and oxygen atoms in total. The SMILES string of the molecule is CCOC(=O)c1cc(NC(=O)C2(c3ccccc3)CCOCC2)ccc1Cl. The molecular weight excluding hydrogens is 366 g/mol. The van der Waals surface area contributed by atoms with Crippen molar-refractivity contribution in [2.24, 2.45) is 0 Å². The molecule has 1 amide bonds. The molecule has 2 aromatic carbocycles. The predicted octanol–water partition coefficient (Wildman–Crippen LogP) is 4.20. The Hall–Kier alpha value is -2.37. The minimum Gasteiger partial charge on any atom is -0.462 e. The Morgan fingerprint density at radius 2 is 1.85 bits per heavy atom. The normalized spacial score (nSPS) is 15.8. The molecule has 6 heteroatoms. The summed E-state index contributed by atoms with van der Waals surface area (Å²) in [5.74, 6) is -0.628. The predicted molar refractivity (Wildman–Crippen MR) is 104 cm³/mol. The first-order chi connectivity index (χ1) is 13.1. The summed E-state index contributed by atoms with van der Waals surface area (Å²) < 4.78 is 10.5. The van der Waals surface area contributed by atoms with Crippen LogP contribution in [-0.2, 0) is 19.7 Å². The van der Waals surface area contributed by atoms with Gasteiger partial charge in [-0.2, -0.15) is 0 Å². The highest BCUT2D eigenvalue weighted by molar-refractivity contribution is 6.33. The molecule has 0 spiro atoms. The Kier molecular flexibility index (Phi) is 6.14. The lowest BCUT2D eigenvalue weighted by Crippen LogP contribution is -2.44. The molecule has 1 aliphatic heterocycles. The van der Waals surface area contributed by atoms with E-state index in [1.165, 1.54) is 0 Å². The Balaban J connectivity index is 1.88. The second kappa shape index (κ2) is 8.55. The molecule has 0 saturated carbocycles. The number of nitrogens with one attached hydrogen (secondary N) is 1. The molecule has 0 atom stereocenters. The van der Waals surface area contributed by atoms with Crippen LogP contribution in [0.3, 0.4) is 0 Å². The summed E-state index contributed by atoms with van der Waals surface area (Å²) in [6, 6.07) is 14.6. The third-order valence-corrected chi connectivity index (χ3v) is 5.16. The van der Waals surface area contributed by atoms with Gasteiger partial charge in [0.2, 0.25) is 5.91 Å². The zero-order valence-electron chi connectivity index (χ0n) is 15.2. The number of rotatable bonds is 5. The van der Waals surface area contributed by atoms with Crippen molar-refractivity contribution >= 4 is 29.2 Å². The highest BCUT2D eigenvalue weighted by Crippen LogP contribution is 2.36. The summed E-state index contributed by atoms with van der Waals surface area (Å²) in [5.41, 5.74) is 1.04. The fraction of sp³-hybridized carbons (Fsp3) is 0.333. The van der Waals surface area contributed by atoms with E-state index in [0.717, 1.165) is 5.56 Å². The fourth-order valence-electron chi connectivity index (χ4n) is 3.34. The molecular formula is C21H22ClNO4. The molecule has 142 valence electrons. The molecule has 1 saturated heterocycles. The van der Waals surface area contributed by atoms with E-state index in [9.17, 15) is 9.59 Å². The Morgan fingerprint density at radius 1 is 1.15 bits per heavy atom. The maximum Gasteiger partial charge on any atom is 0.339 e. The van der Waals surface area contributed by atoms with Gasteiger partial charge >= 0.3 is 5.97 Å². The zero-order valence-corrected chi connectivity index (χ0v) is 15.9. The van der Waals surface area contributed by atoms with Crippen molar-refractivity contribution in [3.8, 4) is 0 Å². The van der Waals surface area contributed by atoms with Crippen molar-refractivity contribution in [3.05, 3.63) is 64.7 Å². The molecule has 3 rings (SSSR count). The second-order valence-corrected chi connectivity index (χ2v) is 6.84. The van der Waals surface area contributed by atoms with Gasteiger partial charge in [0.1, 0.15) is 0 Å². The lowest BCUT2D eigenvalue weighted by atomic mass is 9.73. The first kappa shape index (κ1) is 19.4. The van der Waals surface area contributed by atoms with Crippen molar-refractivity contribution in [1.29, 1.82) is 0 Å². The van der Waals surface area contributed by atoms with Crippen LogP contribution in [0.5, 0.6) is 0 Å². The number of amides is 1. The number of esters is 1. The minimum atomic E-state index is -0.663. The van der Waals surface area contributed by atoms with Crippen LogP contribution in [0.15, 0.2) is 48.5 Å². The highest BCUT2D eigenvalue weighted by Gasteiger charge is 2.41. The van der Waals surface area contributed by atoms with Gasteiger partial charge in [-0.1, -0.05) is 41.9 Å². The largest absolute Gasteiger partial charge is 0.462 e. The molecule has 0 bridgehead atoms. The van der Waals surface area contributed by atoms with Gasteiger partial charge < -0.3 is 14.8 Å². The van der Waals surface area contributed by atoms with Crippen molar-refractivity contribution in [2.75, 3.05) is 25.1 Å². The quantitative estimate of drug-likeness (QED) is 0.781. The topological polar surface area (TPSA) is 64.6 Å². The van der Waals surface area contributed by atoms with Crippen LogP contribution in [0.25, 0.3) is 0 Å². The number of carbonyl (C=O) groups excluding carboxylic acids is 2. The van der Waals surface area contributed by atoms with E-state index in [4.69, 9.17) is 21.1 Å². The van der Waals surface area contributed by atoms with Crippen LogP contribution < -0.4 is 5.32 Å². The number of hydrogen-bond donors (Lipinski definition) is 1. The maximum absolute atomic E-state index is 13.3. The average Bonchev–Trinajstić information content (AvgIpc) is 2.70. The van der Waals surface area contributed by atoms with Crippen LogP contribution in [0.2, 0.25) is 5.02 Å². The third kappa shape index (κ3) is 4.15. The van der Waals surface area contributed by atoms with Crippen molar-refractivity contribution in [3.63, 3.8) is 0 Å². The second-order valence-electron chi connectivity index (χ2n) is 6.43. The van der Waals surface area contributed by atoms with Gasteiger partial charge in [0.15, 0.2) is 0 Å². The smallest absolute Gasteiger partial charge is 0.339 e. The summed E-state index contributed by atoms with van der Waals surface area (Å²) in [4.78, 5) is 25.3. The van der Waals surface area contributed by atoms with Crippen molar-refractivity contribution in [2.45, 2.75) is 25.2 Å². The molecule has 2 aromatic rings. The van der Waals surface area contributed by atoms with Gasteiger partial charge in [-0.25, -0.2) is 4.79 Å². The summed E-state index contributed by atoms with van der Waals surface area (Å²) >= 11 is 6.11. The molecule has 0 unspecified atom stereocenters. The van der Waals surface area contributed by atoms with Crippen LogP contribution >= 0.6 is 11.6 Å². The van der Waals surface area contributed by atoms with Crippen LogP contribution in [0.4, 0.5) is 5.69 Å². The van der Waals surface area contributed by atoms with Gasteiger partial charge in [-0.3, -0.25) is 4.79 Å². The molecule has 0 radical (unpaired) electrons. The molecule has 27 heavy (non-hydrogen) atoms. The summed E-state index contributed by atoms with van der Waals surface area (Å²) in [6.45, 7) is 3.03. The summed E-state index contributed by atoms with van der Waals surface area (Å²) in [5, 5.41) is 3.24. The van der Waals surface area contributed by atoms with Crippen LogP contribution in [-0.4, -0.2) is 31.7 Å². The van der Waals surface area contributed by atoms with Crippen LogP contribution in [0, 0.1) is 0 Å². The van der Waals surface area contributed by atoms with Gasteiger partial charge in [-0.05, 0) is 43.5 Å². The zero-order chi connectivity index (χ0) is 19.3. The molecule has 0 aliphatic carbocycles. The average molecular weight is 388 g/mol. The maximum atomic E-state index is 13.3. The Bertz CT molecular complexity index is 816. The fourth-order valence-corrected chi connectivity index (χ4v) is 3.54. The lowest BCUT2D eigenvalue weighted by molar-refractivity contribution is -0.125. The summed E-state index contributed by atoms with van der Waals surface area (Å²) in [6.07, 6.45) is 1.20. The van der Waals surface area contributed by atoms with Gasteiger partial charge in [0.25, 0.3) is 0 Å². The van der Waals surface area contributed by atoms with E-state index in [-0.39, 0.29) is 23.1 Å². The highest BCUT2D eigenvalue weighted by atomic mass is 35.5. The number of ether oxygens (including phenoxy) is 2. The number of benzene rings is 2. The third-order valence-electron chi connectivity index (χ3n) is 4.83. The van der Waals surface area contributed by atoms with E-state index in [2.05, 4.69) is 5.32 Å². The monoisotopic (exact) mass is 387 g/mol. The number of halogens is 1. The molecule has 0 aromatic heterocycles. The standard InChI is InChI=1S/C21H22ClNO4/c1-2-27-19(24)17-14-16(8-9-18(17)22)23-20(25)21(10-12-26-13-11-21)15-6-4-3-5-7-15/h3-9,14H,2,10-13H2,1H3,(H,23,25). The number of carbonyl (C=O) groups is 2. The van der Waals surface area contributed by atoms with Crippen molar-refractivity contribution in [1.82, 2.24) is 0 Å². The molecule has 1 fully saturated rings. The number of anilines is 1. The lowest BCUT2D eigenvalue weighted by Gasteiger charge is -2.36. The Morgan fingerprint density at radius 3 is 2.52 bits per heavy atom. The minimum absolute atomic E-state index is 0.117. The molecule has 1 heterocycles. The first-order valence-electron chi connectivity index (χ1n) is 8.98. The van der Waals surface area contributed by atoms with E-state index in [1.54, 1.807) is 25.1 Å². The van der Waals surface area contributed by atoms with E-state index >= 15 is 0 Å². The van der Waals surface area contributed by atoms with Crippen LogP contribution in [0.1, 0.15) is 35.7 Å². The van der Waals surface area contributed by atoms with Crippen molar-refractivity contribution < 1.29 is 19.1 Å². The van der Waals surface area contributed by atoms with Gasteiger partial charge in [0, 0.05) is 18.9 Å². The summed E-state index contributed by atoms with van der Waals surface area (Å²) in [7, 11) is 0. The number of hydrogen-bond acceptors (Lipinski definition) is 4.